The molecule has 3 heterocycles. The first-order valence-corrected chi connectivity index (χ1v) is 7.45. The standard InChI is InChI=1S/C15H20N6O/c1-11-14(17-6-5-16-11)21-7-3-4-13(10-21)19-15(22)12-8-18-20(2)9-12/h5-6,8-9,13H,3-4,7,10H2,1-2H3,(H,19,22). The van der Waals surface area contributed by atoms with Crippen molar-refractivity contribution in [2.45, 2.75) is 25.8 Å². The fraction of sp³-hybridized carbons (Fsp3) is 0.467. The Hall–Kier alpha value is -2.44. The topological polar surface area (TPSA) is 75.9 Å². The van der Waals surface area contributed by atoms with Gasteiger partial charge < -0.3 is 10.2 Å². The summed E-state index contributed by atoms with van der Waals surface area (Å²) in [6.45, 7) is 3.66. The molecule has 7 heteroatoms. The van der Waals surface area contributed by atoms with Crippen molar-refractivity contribution < 1.29 is 4.79 Å². The highest BCUT2D eigenvalue weighted by molar-refractivity contribution is 5.93. The number of aromatic nitrogens is 4. The van der Waals surface area contributed by atoms with Crippen LogP contribution in [-0.2, 0) is 7.05 Å². The minimum Gasteiger partial charge on any atom is -0.353 e. The van der Waals surface area contributed by atoms with Gasteiger partial charge in [0.15, 0.2) is 0 Å². The molecule has 1 aliphatic heterocycles. The zero-order valence-corrected chi connectivity index (χ0v) is 12.9. The highest BCUT2D eigenvalue weighted by Gasteiger charge is 2.24. The quantitative estimate of drug-likeness (QED) is 0.912. The van der Waals surface area contributed by atoms with E-state index in [1.807, 2.05) is 6.92 Å². The van der Waals surface area contributed by atoms with E-state index in [2.05, 4.69) is 25.3 Å². The first-order valence-electron chi connectivity index (χ1n) is 7.45. The van der Waals surface area contributed by atoms with Gasteiger partial charge in [0.25, 0.3) is 5.91 Å². The summed E-state index contributed by atoms with van der Waals surface area (Å²) in [5.41, 5.74) is 1.51. The third-order valence-corrected chi connectivity index (χ3v) is 3.88. The molecule has 2 aromatic heterocycles. The predicted octanol–water partition coefficient (Wildman–Crippen LogP) is 0.917. The van der Waals surface area contributed by atoms with Crippen molar-refractivity contribution in [2.75, 3.05) is 18.0 Å². The van der Waals surface area contributed by atoms with Crippen molar-refractivity contribution in [3.8, 4) is 0 Å². The Bertz CT molecular complexity index is 668. The molecular formula is C15H20N6O. The molecule has 3 rings (SSSR count). The summed E-state index contributed by atoms with van der Waals surface area (Å²) < 4.78 is 1.63. The third-order valence-electron chi connectivity index (χ3n) is 3.88. The summed E-state index contributed by atoms with van der Waals surface area (Å²) in [6, 6.07) is 0.114. The Morgan fingerprint density at radius 1 is 1.36 bits per heavy atom. The Labute approximate surface area is 129 Å². The highest BCUT2D eigenvalue weighted by atomic mass is 16.1. The molecule has 1 fully saturated rings. The number of amides is 1. The lowest BCUT2D eigenvalue weighted by molar-refractivity contribution is 0.0933. The molecule has 22 heavy (non-hydrogen) atoms. The van der Waals surface area contributed by atoms with Gasteiger partial charge in [-0.1, -0.05) is 0 Å². The molecule has 1 N–H and O–H groups in total. The molecule has 0 aromatic carbocycles. The number of nitrogens with one attached hydrogen (secondary N) is 1. The highest BCUT2D eigenvalue weighted by Crippen LogP contribution is 2.19. The van der Waals surface area contributed by atoms with Crippen LogP contribution in [0.25, 0.3) is 0 Å². The SMILES string of the molecule is Cc1nccnc1N1CCCC(NC(=O)c2cnn(C)c2)C1. The zero-order chi connectivity index (χ0) is 15.5. The van der Waals surface area contributed by atoms with E-state index in [0.29, 0.717) is 5.56 Å². The average Bonchev–Trinajstić information content (AvgIpc) is 2.95. The third kappa shape index (κ3) is 3.08. The van der Waals surface area contributed by atoms with Crippen LogP contribution >= 0.6 is 0 Å². The molecule has 1 aliphatic rings. The van der Waals surface area contributed by atoms with Gasteiger partial charge in [-0.05, 0) is 19.8 Å². The molecule has 0 saturated carbocycles. The number of hydrogen-bond acceptors (Lipinski definition) is 5. The average molecular weight is 300 g/mol. The van der Waals surface area contributed by atoms with E-state index in [-0.39, 0.29) is 11.9 Å². The lowest BCUT2D eigenvalue weighted by atomic mass is 10.1. The Balaban J connectivity index is 1.66. The molecule has 2 aromatic rings. The summed E-state index contributed by atoms with van der Waals surface area (Å²) >= 11 is 0. The zero-order valence-electron chi connectivity index (χ0n) is 12.9. The van der Waals surface area contributed by atoms with E-state index in [1.165, 1.54) is 0 Å². The summed E-state index contributed by atoms with van der Waals surface area (Å²) in [7, 11) is 1.80. The van der Waals surface area contributed by atoms with Crippen molar-refractivity contribution >= 4 is 11.7 Å². The van der Waals surface area contributed by atoms with Crippen LogP contribution in [0.1, 0.15) is 28.9 Å². The fourth-order valence-corrected chi connectivity index (χ4v) is 2.81. The van der Waals surface area contributed by atoms with Gasteiger partial charge in [0.2, 0.25) is 0 Å². The second kappa shape index (κ2) is 6.13. The summed E-state index contributed by atoms with van der Waals surface area (Å²) in [4.78, 5) is 23.1. The van der Waals surface area contributed by atoms with Crippen molar-refractivity contribution in [2.24, 2.45) is 7.05 Å². The first-order chi connectivity index (χ1) is 10.6. The van der Waals surface area contributed by atoms with Crippen LogP contribution in [0.15, 0.2) is 24.8 Å². The van der Waals surface area contributed by atoms with Crippen LogP contribution in [0.5, 0.6) is 0 Å². The van der Waals surface area contributed by atoms with Gasteiger partial charge >= 0.3 is 0 Å². The fourth-order valence-electron chi connectivity index (χ4n) is 2.81. The lowest BCUT2D eigenvalue weighted by Crippen LogP contribution is -2.48. The number of rotatable bonds is 3. The summed E-state index contributed by atoms with van der Waals surface area (Å²) in [5.74, 6) is 0.832. The van der Waals surface area contributed by atoms with Crippen LogP contribution in [0.3, 0.4) is 0 Å². The molecule has 0 bridgehead atoms. The van der Waals surface area contributed by atoms with Gasteiger partial charge in [-0.25, -0.2) is 4.98 Å². The molecule has 0 spiro atoms. The predicted molar refractivity (Wildman–Crippen MR) is 82.7 cm³/mol. The molecule has 0 aliphatic carbocycles. The molecule has 1 saturated heterocycles. The van der Waals surface area contributed by atoms with Crippen molar-refractivity contribution in [1.29, 1.82) is 0 Å². The Morgan fingerprint density at radius 3 is 2.91 bits per heavy atom. The van der Waals surface area contributed by atoms with E-state index >= 15 is 0 Å². The van der Waals surface area contributed by atoms with Gasteiger partial charge in [0, 0.05) is 44.8 Å². The maximum Gasteiger partial charge on any atom is 0.254 e. The number of hydrogen-bond donors (Lipinski definition) is 1. The Kier molecular flexibility index (Phi) is 4.04. The normalized spacial score (nSPS) is 18.3. The van der Waals surface area contributed by atoms with Crippen molar-refractivity contribution in [1.82, 2.24) is 25.1 Å². The monoisotopic (exact) mass is 300 g/mol. The van der Waals surface area contributed by atoms with Crippen LogP contribution in [-0.4, -0.2) is 44.8 Å². The van der Waals surface area contributed by atoms with Crippen molar-refractivity contribution in [3.05, 3.63) is 36.0 Å². The molecular weight excluding hydrogens is 280 g/mol. The molecule has 1 atom stereocenters. The second-order valence-corrected chi connectivity index (χ2v) is 5.63. The maximum atomic E-state index is 12.2. The molecule has 7 nitrogen and oxygen atoms in total. The van der Waals surface area contributed by atoms with Gasteiger partial charge in [-0.15, -0.1) is 0 Å². The minimum absolute atomic E-state index is 0.0733. The lowest BCUT2D eigenvalue weighted by Gasteiger charge is -2.34. The van der Waals surface area contributed by atoms with Gasteiger partial charge in [0.05, 0.1) is 17.5 Å². The largest absolute Gasteiger partial charge is 0.353 e. The molecule has 1 unspecified atom stereocenters. The van der Waals surface area contributed by atoms with Crippen LogP contribution in [0.4, 0.5) is 5.82 Å². The number of nitrogens with zero attached hydrogens (tertiary/aromatic N) is 5. The number of piperidine rings is 1. The van der Waals surface area contributed by atoms with Gasteiger partial charge in [0.1, 0.15) is 5.82 Å². The maximum absolute atomic E-state index is 12.2. The van der Waals surface area contributed by atoms with Crippen molar-refractivity contribution in [3.63, 3.8) is 0 Å². The molecule has 116 valence electrons. The summed E-state index contributed by atoms with van der Waals surface area (Å²) in [5, 5.41) is 7.12. The Morgan fingerprint density at radius 2 is 2.18 bits per heavy atom. The van der Waals surface area contributed by atoms with E-state index in [0.717, 1.165) is 37.4 Å². The summed E-state index contributed by atoms with van der Waals surface area (Å²) in [6.07, 6.45) is 8.71. The number of carbonyl (C=O) groups is 1. The smallest absolute Gasteiger partial charge is 0.254 e. The van der Waals surface area contributed by atoms with E-state index in [9.17, 15) is 4.79 Å². The minimum atomic E-state index is -0.0733. The van der Waals surface area contributed by atoms with E-state index < -0.39 is 0 Å². The van der Waals surface area contributed by atoms with Gasteiger partial charge in [-0.2, -0.15) is 5.10 Å². The number of aryl methyl sites for hydroxylation is 2. The molecule has 1 amide bonds. The van der Waals surface area contributed by atoms with Gasteiger partial charge in [-0.3, -0.25) is 14.5 Å². The van der Waals surface area contributed by atoms with E-state index in [4.69, 9.17) is 0 Å². The number of anilines is 1. The van der Waals surface area contributed by atoms with E-state index in [1.54, 1.807) is 36.5 Å². The second-order valence-electron chi connectivity index (χ2n) is 5.63. The molecule has 0 radical (unpaired) electrons. The number of carbonyl (C=O) groups excluding carboxylic acids is 1. The van der Waals surface area contributed by atoms with Crippen LogP contribution < -0.4 is 10.2 Å². The first kappa shape index (κ1) is 14.5. The van der Waals surface area contributed by atoms with Crippen LogP contribution in [0.2, 0.25) is 0 Å². The van der Waals surface area contributed by atoms with Crippen LogP contribution in [0, 0.1) is 6.92 Å².